The van der Waals surface area contributed by atoms with Crippen LogP contribution in [0.25, 0.3) is 0 Å². The van der Waals surface area contributed by atoms with E-state index in [-0.39, 0.29) is 56.7 Å². The van der Waals surface area contributed by atoms with Crippen molar-refractivity contribution in [1.29, 1.82) is 0 Å². The van der Waals surface area contributed by atoms with E-state index in [2.05, 4.69) is 47.9 Å². The predicted octanol–water partition coefficient (Wildman–Crippen LogP) is -4.28. The zero-order valence-corrected chi connectivity index (χ0v) is 47.2. The van der Waals surface area contributed by atoms with Crippen LogP contribution in [-0.2, 0) is 76.7 Å². The molecular weight excluding hydrogens is 1110 g/mol. The van der Waals surface area contributed by atoms with Gasteiger partial charge in [0.25, 0.3) is 0 Å². The molecule has 1 fully saturated rings. The number of carboxylic acid groups (broad SMARTS) is 5. The Kier molecular flexibility index (Phi) is 33.6. The molecule has 1 rings (SSSR count). The molecule has 0 aromatic rings. The second-order valence-electron chi connectivity index (χ2n) is 19.7. The van der Waals surface area contributed by atoms with Crippen LogP contribution < -0.4 is 53.6 Å². The van der Waals surface area contributed by atoms with E-state index in [0.29, 0.717) is 6.42 Å². The fraction of sp³-hybridized carbons (Fsp3) is 0.694. The number of carbonyl (C=O) groups excluding carboxylic acids is 10. The van der Waals surface area contributed by atoms with Gasteiger partial charge >= 0.3 is 29.8 Å². The van der Waals surface area contributed by atoms with Crippen molar-refractivity contribution in [3.8, 4) is 0 Å². The molecule has 0 bridgehead atoms. The van der Waals surface area contributed by atoms with Crippen molar-refractivity contribution in [1.82, 2.24) is 52.8 Å². The molecular formula is C49H79N11O21S. The van der Waals surface area contributed by atoms with Crippen LogP contribution in [-0.4, -0.2) is 219 Å². The quantitative estimate of drug-likeness (QED) is 0.0258. The Morgan fingerprint density at radius 1 is 0.537 bits per heavy atom. The Hall–Kier alpha value is -7.68. The summed E-state index contributed by atoms with van der Waals surface area (Å²) in [6.45, 7) is 5.55. The molecule has 0 radical (unpaired) electrons. The maximum Gasteiger partial charge on any atom is 0.303 e. The SMILES string of the molecule is CSC[C@H](NC(=O)CNC(=O)[C@H](CC(C)C)NC(=O)C1CCCN1C(=O)COCCNC(=O)[C@@H](CCC(=O)O)NC(=O)[C@@H](CCC(=O)O)NC(=O)[C@@H](CCC(=O)O)NC(=O)[C@@H](CCC(=O)O)NC(=O)[C@H](N)CCC(=O)O)C(=O)NC(C)C. The molecule has 0 spiro atoms. The summed E-state index contributed by atoms with van der Waals surface area (Å²) in [5.41, 5.74) is 5.72. The maximum absolute atomic E-state index is 13.7. The van der Waals surface area contributed by atoms with Gasteiger partial charge in [0, 0.05) is 57.0 Å². The first-order valence-electron chi connectivity index (χ1n) is 26.3. The van der Waals surface area contributed by atoms with Gasteiger partial charge in [0.05, 0.1) is 19.2 Å². The Bertz CT molecular complexity index is 2270. The molecule has 33 heteroatoms. The number of aliphatic carboxylic acids is 5. The molecule has 1 aliphatic rings. The van der Waals surface area contributed by atoms with Gasteiger partial charge in [0.15, 0.2) is 0 Å². The maximum atomic E-state index is 13.7. The van der Waals surface area contributed by atoms with Crippen LogP contribution in [0.2, 0.25) is 0 Å². The summed E-state index contributed by atoms with van der Waals surface area (Å²) >= 11 is 1.34. The normalized spacial score (nSPS) is 15.4. The Balaban J connectivity index is 3.10. The minimum atomic E-state index is -1.86. The first kappa shape index (κ1) is 72.3. The lowest BCUT2D eigenvalue weighted by molar-refractivity contribution is -0.142. The molecule has 1 unspecified atom stereocenters. The van der Waals surface area contributed by atoms with E-state index < -0.39 is 208 Å². The zero-order valence-electron chi connectivity index (χ0n) is 46.4. The Morgan fingerprint density at radius 3 is 1.40 bits per heavy atom. The zero-order chi connectivity index (χ0) is 62.2. The molecule has 0 aliphatic carbocycles. The van der Waals surface area contributed by atoms with Gasteiger partial charge in [0.2, 0.25) is 59.1 Å². The summed E-state index contributed by atoms with van der Waals surface area (Å²) in [7, 11) is 0. The van der Waals surface area contributed by atoms with E-state index in [0.717, 1.165) is 0 Å². The van der Waals surface area contributed by atoms with Crippen molar-refractivity contribution in [2.45, 2.75) is 166 Å². The second-order valence-corrected chi connectivity index (χ2v) is 20.7. The first-order valence-corrected chi connectivity index (χ1v) is 27.7. The molecule has 8 atom stereocenters. The van der Waals surface area contributed by atoms with Crippen molar-refractivity contribution >= 4 is 101 Å². The van der Waals surface area contributed by atoms with E-state index >= 15 is 0 Å². The molecule has 1 saturated heterocycles. The molecule has 16 N–H and O–H groups in total. The highest BCUT2D eigenvalue weighted by Gasteiger charge is 2.37. The molecule has 0 saturated carbocycles. The average Bonchev–Trinajstić information content (AvgIpc) is 4.00. The monoisotopic (exact) mass is 1190 g/mol. The van der Waals surface area contributed by atoms with Crippen LogP contribution in [0.3, 0.4) is 0 Å². The molecule has 82 heavy (non-hydrogen) atoms. The number of thioether (sulfide) groups is 1. The lowest BCUT2D eigenvalue weighted by Crippen LogP contribution is -2.59. The van der Waals surface area contributed by atoms with E-state index in [1.54, 1.807) is 20.1 Å². The number of hydrogen-bond acceptors (Lipinski definition) is 18. The third-order valence-electron chi connectivity index (χ3n) is 12.0. The highest BCUT2D eigenvalue weighted by atomic mass is 32.2. The standard InChI is InChI=1S/C49H79N11O21S/c1-25(2)21-32(44(75)52-22-35(61)54-33(24-82-5)48(79)53-26(3)4)59-49(80)34-7-6-19-60(34)36(62)23-81-20-18-51-43(74)28(9-14-38(65)66)56-46(77)30(11-16-40(69)70)58-47(78)31(12-17-41(71)72)57-45(76)29(10-15-39(67)68)55-42(73)27(50)8-13-37(63)64/h25-34H,6-24,50H2,1-5H3,(H,51,74)(H,52,75)(H,53,79)(H,54,61)(H,55,73)(H,56,77)(H,57,76)(H,58,78)(H,59,80)(H,63,64)(H,65,66)(H,67,68)(H,69,70)(H,71,72)/t27-,28-,29-,30-,31-,32+,33+,34?/m1/s1. The number of ether oxygens (including phenoxy) is 1. The van der Waals surface area contributed by atoms with Gasteiger partial charge in [-0.2, -0.15) is 11.8 Å². The number of rotatable bonds is 41. The van der Waals surface area contributed by atoms with Crippen LogP contribution in [0, 0.1) is 5.92 Å². The van der Waals surface area contributed by atoms with Gasteiger partial charge in [-0.05, 0) is 77.4 Å². The van der Waals surface area contributed by atoms with E-state index in [1.807, 2.05) is 13.8 Å². The Morgan fingerprint density at radius 2 is 0.963 bits per heavy atom. The van der Waals surface area contributed by atoms with Gasteiger partial charge in [-0.25, -0.2) is 0 Å². The third-order valence-corrected chi connectivity index (χ3v) is 12.6. The van der Waals surface area contributed by atoms with Gasteiger partial charge in [-0.15, -0.1) is 0 Å². The summed E-state index contributed by atoms with van der Waals surface area (Å²) in [6, 6.07) is -11.7. The number of carboxylic acids is 5. The topological polar surface area (TPSA) is 504 Å². The smallest absolute Gasteiger partial charge is 0.303 e. The number of amides is 10. The summed E-state index contributed by atoms with van der Waals surface area (Å²) < 4.78 is 5.47. The van der Waals surface area contributed by atoms with Crippen molar-refractivity contribution in [2.75, 3.05) is 44.9 Å². The number of likely N-dealkylation sites (tertiary alicyclic amines) is 1. The van der Waals surface area contributed by atoms with Crippen molar-refractivity contribution < 1.29 is 102 Å². The summed E-state index contributed by atoms with van der Waals surface area (Å²) in [5, 5.41) is 68.1. The minimum Gasteiger partial charge on any atom is -0.481 e. The summed E-state index contributed by atoms with van der Waals surface area (Å²) in [4.78, 5) is 191. The van der Waals surface area contributed by atoms with E-state index in [1.165, 1.54) is 16.7 Å². The highest BCUT2D eigenvalue weighted by molar-refractivity contribution is 7.98. The number of carbonyl (C=O) groups is 15. The molecule has 0 aromatic heterocycles. The Labute approximate surface area is 476 Å². The fourth-order valence-corrected chi connectivity index (χ4v) is 8.41. The van der Waals surface area contributed by atoms with Crippen LogP contribution in [0.15, 0.2) is 0 Å². The highest BCUT2D eigenvalue weighted by Crippen LogP contribution is 2.19. The molecule has 10 amide bonds. The lowest BCUT2D eigenvalue weighted by atomic mass is 10.0. The largest absolute Gasteiger partial charge is 0.481 e. The molecule has 32 nitrogen and oxygen atoms in total. The lowest BCUT2D eigenvalue weighted by Gasteiger charge is -2.27. The minimum absolute atomic E-state index is 0.0971. The fourth-order valence-electron chi connectivity index (χ4n) is 7.84. The predicted molar refractivity (Wildman–Crippen MR) is 287 cm³/mol. The van der Waals surface area contributed by atoms with Gasteiger partial charge in [-0.3, -0.25) is 71.9 Å². The van der Waals surface area contributed by atoms with Gasteiger partial charge in [-0.1, -0.05) is 13.8 Å². The number of nitrogens with two attached hydrogens (primary N) is 1. The summed E-state index contributed by atoms with van der Waals surface area (Å²) in [5.74, 6) is -15.7. The molecule has 1 aliphatic heterocycles. The molecule has 0 aromatic carbocycles. The van der Waals surface area contributed by atoms with Crippen LogP contribution in [0.5, 0.6) is 0 Å². The van der Waals surface area contributed by atoms with Crippen molar-refractivity contribution in [2.24, 2.45) is 11.7 Å². The van der Waals surface area contributed by atoms with Crippen LogP contribution >= 0.6 is 11.8 Å². The molecule has 462 valence electrons. The van der Waals surface area contributed by atoms with Gasteiger partial charge < -0.3 is 88.8 Å². The first-order chi connectivity index (χ1) is 38.4. The second kappa shape index (κ2) is 38.1. The van der Waals surface area contributed by atoms with Gasteiger partial charge in [0.1, 0.15) is 48.9 Å². The number of nitrogens with zero attached hydrogens (tertiary/aromatic N) is 1. The average molecular weight is 1190 g/mol. The summed E-state index contributed by atoms with van der Waals surface area (Å²) in [6.07, 6.45) is -3.88. The number of hydrogen-bond donors (Lipinski definition) is 15. The molecule has 1 heterocycles. The van der Waals surface area contributed by atoms with E-state index in [4.69, 9.17) is 15.6 Å². The van der Waals surface area contributed by atoms with Crippen LogP contribution in [0.4, 0.5) is 0 Å². The van der Waals surface area contributed by atoms with Crippen molar-refractivity contribution in [3.63, 3.8) is 0 Å². The third kappa shape index (κ3) is 29.7. The van der Waals surface area contributed by atoms with Crippen molar-refractivity contribution in [3.05, 3.63) is 0 Å². The number of nitrogens with one attached hydrogen (secondary N) is 9. The van der Waals surface area contributed by atoms with E-state index in [9.17, 15) is 92.3 Å². The van der Waals surface area contributed by atoms with Crippen LogP contribution in [0.1, 0.15) is 111 Å².